The third-order valence-electron chi connectivity index (χ3n) is 4.42. The average Bonchev–Trinajstić information content (AvgIpc) is 2.49. The number of aliphatic hydroxyl groups is 1. The first kappa shape index (κ1) is 21.4. The van der Waals surface area contributed by atoms with Crippen LogP contribution in [0.15, 0.2) is 0 Å². The van der Waals surface area contributed by atoms with Gasteiger partial charge < -0.3 is 5.11 Å². The Hall–Kier alpha value is -0.640. The van der Waals surface area contributed by atoms with E-state index in [9.17, 15) is 15.2 Å². The predicted octanol–water partition coefficient (Wildman–Crippen LogP) is 5.49. The summed E-state index contributed by atoms with van der Waals surface area (Å²) in [7, 11) is 0. The van der Waals surface area contributed by atoms with E-state index in [4.69, 9.17) is 0 Å². The molecule has 0 saturated carbocycles. The van der Waals surface area contributed by atoms with Crippen molar-refractivity contribution in [1.82, 2.24) is 0 Å². The van der Waals surface area contributed by atoms with Gasteiger partial charge >= 0.3 is 0 Å². The molecule has 0 bridgehead atoms. The molecule has 0 rings (SSSR count). The van der Waals surface area contributed by atoms with E-state index in [0.29, 0.717) is 12.8 Å². The van der Waals surface area contributed by atoms with Gasteiger partial charge in [-0.25, -0.2) is 0 Å². The fraction of sp³-hybridized carbons (Fsp3) is 1.00. The fourth-order valence-corrected chi connectivity index (χ4v) is 2.90. The Labute approximate surface area is 136 Å². The van der Waals surface area contributed by atoms with Crippen LogP contribution in [0.1, 0.15) is 104 Å². The van der Waals surface area contributed by atoms with Crippen molar-refractivity contribution in [2.24, 2.45) is 0 Å². The molecule has 0 aromatic rings. The van der Waals surface area contributed by atoms with Crippen LogP contribution in [0, 0.1) is 10.1 Å². The number of rotatable bonds is 16. The van der Waals surface area contributed by atoms with Crippen molar-refractivity contribution in [3.05, 3.63) is 10.1 Å². The molecule has 22 heavy (non-hydrogen) atoms. The molecular weight excluding hydrogens is 278 g/mol. The van der Waals surface area contributed by atoms with Gasteiger partial charge in [-0.15, -0.1) is 0 Å². The maximum atomic E-state index is 11.0. The molecule has 0 spiro atoms. The summed E-state index contributed by atoms with van der Waals surface area (Å²) >= 11 is 0. The number of aliphatic hydroxyl groups excluding tert-OH is 1. The quantitative estimate of drug-likeness (QED) is 0.232. The Morgan fingerprint density at radius 2 is 1.18 bits per heavy atom. The van der Waals surface area contributed by atoms with Crippen molar-refractivity contribution in [3.63, 3.8) is 0 Å². The molecule has 4 heteroatoms. The molecule has 0 amide bonds. The summed E-state index contributed by atoms with van der Waals surface area (Å²) in [5, 5.41) is 21.1. The summed E-state index contributed by atoms with van der Waals surface area (Å²) in [4.78, 5) is 10.8. The van der Waals surface area contributed by atoms with Crippen LogP contribution in [0.5, 0.6) is 0 Å². The monoisotopic (exact) mass is 315 g/mol. The molecule has 0 aliphatic rings. The van der Waals surface area contributed by atoms with E-state index in [1.54, 1.807) is 0 Å². The Morgan fingerprint density at radius 3 is 1.68 bits per heavy atom. The van der Waals surface area contributed by atoms with Gasteiger partial charge in [0, 0.05) is 11.3 Å². The van der Waals surface area contributed by atoms with Gasteiger partial charge in [-0.1, -0.05) is 84.5 Å². The summed E-state index contributed by atoms with van der Waals surface area (Å²) in [5.74, 6) is 0. The van der Waals surface area contributed by atoms with Crippen LogP contribution in [0.3, 0.4) is 0 Å². The standard InChI is InChI=1S/C18H37NO3/c1-3-5-7-8-9-10-11-12-14-16-18(20)17(19(21)22)15-13-6-4-2/h17-18,20H,3-16H2,1-2H3/t17-,18+/m1/s1. The third kappa shape index (κ3) is 12.0. The highest BCUT2D eigenvalue weighted by Gasteiger charge is 2.28. The minimum atomic E-state index is -0.767. The Bertz CT molecular complexity index is 259. The minimum absolute atomic E-state index is 0.284. The van der Waals surface area contributed by atoms with Gasteiger partial charge in [0.05, 0.1) is 0 Å². The first-order chi connectivity index (χ1) is 10.6. The highest BCUT2D eigenvalue weighted by molar-refractivity contribution is 4.68. The number of hydrogen-bond acceptors (Lipinski definition) is 3. The van der Waals surface area contributed by atoms with Gasteiger partial charge in [-0.05, 0) is 12.8 Å². The Morgan fingerprint density at radius 1 is 0.773 bits per heavy atom. The molecule has 0 aliphatic heterocycles. The lowest BCUT2D eigenvalue weighted by molar-refractivity contribution is -0.535. The summed E-state index contributed by atoms with van der Waals surface area (Å²) in [6, 6.07) is -0.763. The molecule has 0 saturated heterocycles. The van der Waals surface area contributed by atoms with E-state index in [0.717, 1.165) is 32.1 Å². The van der Waals surface area contributed by atoms with Gasteiger partial charge in [-0.3, -0.25) is 10.1 Å². The maximum absolute atomic E-state index is 11.0. The van der Waals surface area contributed by atoms with Crippen LogP contribution in [0.2, 0.25) is 0 Å². The second-order valence-corrected chi connectivity index (χ2v) is 6.53. The minimum Gasteiger partial charge on any atom is -0.386 e. The third-order valence-corrected chi connectivity index (χ3v) is 4.42. The van der Waals surface area contributed by atoms with Crippen molar-refractivity contribution in [2.45, 2.75) is 116 Å². The molecule has 1 N–H and O–H groups in total. The molecule has 0 heterocycles. The molecule has 0 radical (unpaired) electrons. The molecule has 2 atom stereocenters. The molecule has 0 aliphatic carbocycles. The van der Waals surface area contributed by atoms with Crippen molar-refractivity contribution >= 4 is 0 Å². The highest BCUT2D eigenvalue weighted by Crippen LogP contribution is 2.16. The van der Waals surface area contributed by atoms with Crippen LogP contribution >= 0.6 is 0 Å². The van der Waals surface area contributed by atoms with Crippen LogP contribution < -0.4 is 0 Å². The normalized spacial score (nSPS) is 14.0. The van der Waals surface area contributed by atoms with E-state index < -0.39 is 12.1 Å². The Balaban J connectivity index is 3.63. The zero-order valence-electron chi connectivity index (χ0n) is 14.8. The van der Waals surface area contributed by atoms with E-state index in [1.807, 2.05) is 0 Å². The van der Waals surface area contributed by atoms with E-state index in [-0.39, 0.29) is 4.92 Å². The lowest BCUT2D eigenvalue weighted by Gasteiger charge is -2.15. The number of hydrogen-bond donors (Lipinski definition) is 1. The summed E-state index contributed by atoms with van der Waals surface area (Å²) in [6.45, 7) is 4.31. The summed E-state index contributed by atoms with van der Waals surface area (Å²) in [6.07, 6.45) is 14.3. The van der Waals surface area contributed by atoms with Crippen molar-refractivity contribution in [1.29, 1.82) is 0 Å². The zero-order valence-corrected chi connectivity index (χ0v) is 14.8. The fourth-order valence-electron chi connectivity index (χ4n) is 2.90. The van der Waals surface area contributed by atoms with E-state index in [2.05, 4.69) is 13.8 Å². The molecule has 132 valence electrons. The molecule has 4 nitrogen and oxygen atoms in total. The second kappa shape index (κ2) is 15.3. The van der Waals surface area contributed by atoms with Gasteiger partial charge in [-0.2, -0.15) is 0 Å². The van der Waals surface area contributed by atoms with Gasteiger partial charge in [0.1, 0.15) is 6.10 Å². The molecule has 0 aromatic carbocycles. The lowest BCUT2D eigenvalue weighted by atomic mass is 9.98. The van der Waals surface area contributed by atoms with Crippen molar-refractivity contribution in [3.8, 4) is 0 Å². The number of nitrogens with zero attached hydrogens (tertiary/aromatic N) is 1. The topological polar surface area (TPSA) is 63.4 Å². The Kier molecular flexibility index (Phi) is 14.8. The number of nitro groups is 1. The van der Waals surface area contributed by atoms with E-state index in [1.165, 1.54) is 44.9 Å². The van der Waals surface area contributed by atoms with Gasteiger partial charge in [0.15, 0.2) is 0 Å². The average molecular weight is 315 g/mol. The first-order valence-electron chi connectivity index (χ1n) is 9.45. The maximum Gasteiger partial charge on any atom is 0.238 e. The smallest absolute Gasteiger partial charge is 0.238 e. The number of unbranched alkanes of at least 4 members (excludes halogenated alkanes) is 10. The lowest BCUT2D eigenvalue weighted by Crippen LogP contribution is -2.33. The second-order valence-electron chi connectivity index (χ2n) is 6.53. The van der Waals surface area contributed by atoms with Crippen LogP contribution in [0.25, 0.3) is 0 Å². The van der Waals surface area contributed by atoms with Gasteiger partial charge in [0.2, 0.25) is 6.04 Å². The predicted molar refractivity (Wildman–Crippen MR) is 92.8 cm³/mol. The molecule has 0 fully saturated rings. The largest absolute Gasteiger partial charge is 0.386 e. The highest BCUT2D eigenvalue weighted by atomic mass is 16.6. The zero-order chi connectivity index (χ0) is 16.6. The molecule has 0 unspecified atom stereocenters. The SMILES string of the molecule is CCCCCCCCCCC[C@H](O)[C@@H](CCCCC)[N+](=O)[O-]. The van der Waals surface area contributed by atoms with Crippen molar-refractivity contribution in [2.75, 3.05) is 0 Å². The first-order valence-corrected chi connectivity index (χ1v) is 9.45. The van der Waals surface area contributed by atoms with E-state index >= 15 is 0 Å². The summed E-state index contributed by atoms with van der Waals surface area (Å²) in [5.41, 5.74) is 0. The molecule has 0 aromatic heterocycles. The van der Waals surface area contributed by atoms with Crippen LogP contribution in [-0.2, 0) is 0 Å². The van der Waals surface area contributed by atoms with Crippen LogP contribution in [0.4, 0.5) is 0 Å². The van der Waals surface area contributed by atoms with Crippen molar-refractivity contribution < 1.29 is 10.0 Å². The van der Waals surface area contributed by atoms with Crippen LogP contribution in [-0.4, -0.2) is 22.2 Å². The molecular formula is C18H37NO3. The van der Waals surface area contributed by atoms with Gasteiger partial charge in [0.25, 0.3) is 0 Å². The summed E-state index contributed by atoms with van der Waals surface area (Å²) < 4.78 is 0.